The van der Waals surface area contributed by atoms with E-state index in [1.165, 1.54) is 0 Å². The summed E-state index contributed by atoms with van der Waals surface area (Å²) in [5, 5.41) is 3.35. The molecule has 3 aliphatic rings. The topological polar surface area (TPSA) is 66.5 Å². The van der Waals surface area contributed by atoms with Crippen LogP contribution in [0, 0.1) is 11.3 Å². The van der Waals surface area contributed by atoms with E-state index >= 15 is 0 Å². The molecule has 5 nitrogen and oxygen atoms in total. The van der Waals surface area contributed by atoms with Gasteiger partial charge in [-0.15, -0.1) is 0 Å². The molecule has 1 aliphatic carbocycles. The molecule has 0 aromatic carbocycles. The maximum Gasteiger partial charge on any atom is 0.226 e. The lowest BCUT2D eigenvalue weighted by molar-refractivity contribution is -0.134. The highest BCUT2D eigenvalue weighted by Crippen LogP contribution is 2.59. The molecule has 0 unspecified atom stereocenters. The number of nitrogens with one attached hydrogen (secondary N) is 1. The Labute approximate surface area is 121 Å². The number of sulfone groups is 1. The second kappa shape index (κ2) is 4.98. The Kier molecular flexibility index (Phi) is 3.57. The first-order valence-corrected chi connectivity index (χ1v) is 9.44. The van der Waals surface area contributed by atoms with Gasteiger partial charge >= 0.3 is 0 Å². The minimum Gasteiger partial charge on any atom is -0.342 e. The lowest BCUT2D eigenvalue weighted by atomic mass is 9.91. The van der Waals surface area contributed by atoms with Crippen molar-refractivity contribution in [3.63, 3.8) is 0 Å². The predicted molar refractivity (Wildman–Crippen MR) is 77.1 cm³/mol. The van der Waals surface area contributed by atoms with Gasteiger partial charge in [-0.25, -0.2) is 8.42 Å². The van der Waals surface area contributed by atoms with Crippen molar-refractivity contribution >= 4 is 15.7 Å². The summed E-state index contributed by atoms with van der Waals surface area (Å²) in [6.07, 6.45) is 4.45. The molecular weight excluding hydrogens is 276 g/mol. The molecule has 3 rings (SSSR count). The van der Waals surface area contributed by atoms with Crippen LogP contribution < -0.4 is 5.32 Å². The number of piperidine rings is 1. The highest BCUT2D eigenvalue weighted by atomic mass is 32.2. The Morgan fingerprint density at radius 2 is 1.80 bits per heavy atom. The van der Waals surface area contributed by atoms with E-state index in [2.05, 4.69) is 5.32 Å². The van der Waals surface area contributed by atoms with Gasteiger partial charge < -0.3 is 10.2 Å². The number of carbonyl (C=O) groups excluding carboxylic acids is 1. The molecule has 0 bridgehead atoms. The first-order valence-electron chi connectivity index (χ1n) is 7.61. The largest absolute Gasteiger partial charge is 0.342 e. The molecule has 114 valence electrons. The quantitative estimate of drug-likeness (QED) is 0.802. The summed E-state index contributed by atoms with van der Waals surface area (Å²) in [6.45, 7) is 2.05. The number of amides is 1. The van der Waals surface area contributed by atoms with Crippen LogP contribution >= 0.6 is 0 Å². The van der Waals surface area contributed by atoms with E-state index in [0.29, 0.717) is 12.8 Å². The SMILES string of the molecule is CN(C(=O)[C@@H]1CC12CCNCC2)C1CCS(=O)(=O)CC1. The first-order chi connectivity index (χ1) is 9.44. The molecule has 2 saturated heterocycles. The van der Waals surface area contributed by atoms with E-state index in [-0.39, 0.29) is 34.8 Å². The molecular formula is C14H24N2O3S. The minimum atomic E-state index is -2.85. The molecule has 2 aliphatic heterocycles. The van der Waals surface area contributed by atoms with Gasteiger partial charge in [0.1, 0.15) is 9.84 Å². The monoisotopic (exact) mass is 300 g/mol. The molecule has 20 heavy (non-hydrogen) atoms. The fraction of sp³-hybridized carbons (Fsp3) is 0.929. The number of rotatable bonds is 2. The Hall–Kier alpha value is -0.620. The van der Waals surface area contributed by atoms with E-state index < -0.39 is 9.84 Å². The third-order valence-corrected chi connectivity index (χ3v) is 7.22. The van der Waals surface area contributed by atoms with E-state index in [0.717, 1.165) is 32.4 Å². The van der Waals surface area contributed by atoms with Gasteiger partial charge in [-0.2, -0.15) is 0 Å². The van der Waals surface area contributed by atoms with Crippen molar-refractivity contribution in [2.75, 3.05) is 31.6 Å². The molecule has 1 saturated carbocycles. The zero-order chi connectivity index (χ0) is 14.4. The zero-order valence-corrected chi connectivity index (χ0v) is 12.9. The zero-order valence-electron chi connectivity index (χ0n) is 12.1. The van der Waals surface area contributed by atoms with E-state index in [9.17, 15) is 13.2 Å². The smallest absolute Gasteiger partial charge is 0.226 e. The number of hydrogen-bond donors (Lipinski definition) is 1. The van der Waals surface area contributed by atoms with Crippen LogP contribution in [-0.2, 0) is 14.6 Å². The summed E-state index contributed by atoms with van der Waals surface area (Å²) >= 11 is 0. The van der Waals surface area contributed by atoms with E-state index in [1.54, 1.807) is 0 Å². The lowest BCUT2D eigenvalue weighted by Gasteiger charge is -2.32. The van der Waals surface area contributed by atoms with Crippen molar-refractivity contribution in [3.05, 3.63) is 0 Å². The maximum absolute atomic E-state index is 12.6. The lowest BCUT2D eigenvalue weighted by Crippen LogP contribution is -2.44. The molecule has 6 heteroatoms. The number of hydrogen-bond acceptors (Lipinski definition) is 4. The van der Waals surface area contributed by atoms with Crippen LogP contribution in [0.4, 0.5) is 0 Å². The number of nitrogens with zero attached hydrogens (tertiary/aromatic N) is 1. The van der Waals surface area contributed by atoms with Gasteiger partial charge in [0, 0.05) is 19.0 Å². The van der Waals surface area contributed by atoms with Crippen LogP contribution in [0.25, 0.3) is 0 Å². The van der Waals surface area contributed by atoms with Gasteiger partial charge in [0.25, 0.3) is 0 Å². The predicted octanol–water partition coefficient (Wildman–Crippen LogP) is 0.412. The second-order valence-corrected chi connectivity index (χ2v) is 9.00. The summed E-state index contributed by atoms with van der Waals surface area (Å²) in [4.78, 5) is 14.4. The summed E-state index contributed by atoms with van der Waals surface area (Å²) in [6, 6.07) is 0.116. The maximum atomic E-state index is 12.6. The van der Waals surface area contributed by atoms with Crippen LogP contribution in [0.1, 0.15) is 32.1 Å². The molecule has 0 radical (unpaired) electrons. The Bertz CT molecular complexity index is 483. The molecule has 1 N–H and O–H groups in total. The molecule has 0 aromatic heterocycles. The fourth-order valence-electron chi connectivity index (χ4n) is 3.86. The average Bonchev–Trinajstić information content (AvgIpc) is 3.11. The van der Waals surface area contributed by atoms with Gasteiger partial charge in [-0.1, -0.05) is 0 Å². The van der Waals surface area contributed by atoms with Crippen LogP contribution in [0.5, 0.6) is 0 Å². The van der Waals surface area contributed by atoms with Crippen molar-refractivity contribution in [2.24, 2.45) is 11.3 Å². The first kappa shape index (κ1) is 14.3. The summed E-state index contributed by atoms with van der Waals surface area (Å²) < 4.78 is 22.9. The van der Waals surface area contributed by atoms with Gasteiger partial charge in [-0.05, 0) is 50.6 Å². The Morgan fingerprint density at radius 3 is 2.40 bits per heavy atom. The highest BCUT2D eigenvalue weighted by Gasteiger charge is 2.58. The number of carbonyl (C=O) groups is 1. The summed E-state index contributed by atoms with van der Waals surface area (Å²) in [5.74, 6) is 0.897. The van der Waals surface area contributed by atoms with Crippen LogP contribution in [0.2, 0.25) is 0 Å². The third-order valence-electron chi connectivity index (χ3n) is 5.51. The van der Waals surface area contributed by atoms with Gasteiger partial charge in [0.15, 0.2) is 0 Å². The van der Waals surface area contributed by atoms with E-state index in [4.69, 9.17) is 0 Å². The minimum absolute atomic E-state index is 0.116. The highest BCUT2D eigenvalue weighted by molar-refractivity contribution is 7.91. The normalized spacial score (nSPS) is 31.9. The van der Waals surface area contributed by atoms with Crippen LogP contribution in [0.3, 0.4) is 0 Å². The van der Waals surface area contributed by atoms with Crippen LogP contribution in [-0.4, -0.2) is 56.9 Å². The standard InChI is InChI=1S/C14H24N2O3S/c1-16(11-2-8-20(18,19)9-3-11)13(17)12-10-14(12)4-6-15-7-5-14/h11-12,15H,2-10H2,1H3/t12-/m0/s1. The second-order valence-electron chi connectivity index (χ2n) is 6.70. The molecule has 1 atom stereocenters. The molecule has 1 amide bonds. The van der Waals surface area contributed by atoms with Gasteiger partial charge in [-0.3, -0.25) is 4.79 Å². The van der Waals surface area contributed by atoms with Crippen molar-refractivity contribution < 1.29 is 13.2 Å². The van der Waals surface area contributed by atoms with E-state index in [1.807, 2.05) is 11.9 Å². The molecule has 1 spiro atoms. The van der Waals surface area contributed by atoms with Crippen molar-refractivity contribution in [3.8, 4) is 0 Å². The van der Waals surface area contributed by atoms with Gasteiger partial charge in [0.05, 0.1) is 11.5 Å². The molecule has 0 aromatic rings. The fourth-order valence-corrected chi connectivity index (χ4v) is 5.33. The Balaban J connectivity index is 1.58. The van der Waals surface area contributed by atoms with Crippen molar-refractivity contribution in [1.29, 1.82) is 0 Å². The van der Waals surface area contributed by atoms with Crippen LogP contribution in [0.15, 0.2) is 0 Å². The summed E-state index contributed by atoms with van der Waals surface area (Å²) in [5.41, 5.74) is 0.261. The van der Waals surface area contributed by atoms with Crippen molar-refractivity contribution in [2.45, 2.75) is 38.1 Å². The molecule has 3 fully saturated rings. The summed E-state index contributed by atoms with van der Waals surface area (Å²) in [7, 11) is -0.994. The average molecular weight is 300 g/mol. The van der Waals surface area contributed by atoms with Gasteiger partial charge in [0.2, 0.25) is 5.91 Å². The molecule has 2 heterocycles. The third kappa shape index (κ3) is 2.60. The van der Waals surface area contributed by atoms with Crippen molar-refractivity contribution in [1.82, 2.24) is 10.2 Å². The Morgan fingerprint density at radius 1 is 1.20 bits per heavy atom.